The molecule has 5 nitrogen and oxygen atoms in total. The molecule has 0 unspecified atom stereocenters. The summed E-state index contributed by atoms with van der Waals surface area (Å²) in [6.45, 7) is 0. The van der Waals surface area contributed by atoms with Gasteiger partial charge in [0.15, 0.2) is 17.4 Å². The van der Waals surface area contributed by atoms with E-state index < -0.39 is 28.4 Å². The first-order valence-electron chi connectivity index (χ1n) is 5.02. The summed E-state index contributed by atoms with van der Waals surface area (Å²) < 4.78 is 43.8. The molecule has 20 heavy (non-hydrogen) atoms. The van der Waals surface area contributed by atoms with Crippen LogP contribution in [0.2, 0.25) is 5.02 Å². The fourth-order valence-electron chi connectivity index (χ4n) is 1.29. The maximum Gasteiger partial charge on any atom is 0.273 e. The van der Waals surface area contributed by atoms with E-state index in [-0.39, 0.29) is 22.5 Å². The van der Waals surface area contributed by atoms with Gasteiger partial charge in [-0.25, -0.2) is 8.78 Å². The number of hydrogen-bond donors (Lipinski definition) is 0. The molecule has 0 spiro atoms. The van der Waals surface area contributed by atoms with E-state index in [0.717, 1.165) is 18.2 Å². The maximum atomic E-state index is 13.3. The molecule has 104 valence electrons. The zero-order valence-electron chi connectivity index (χ0n) is 9.44. The van der Waals surface area contributed by atoms with E-state index in [1.807, 2.05) is 0 Å². The van der Waals surface area contributed by atoms with Gasteiger partial charge < -0.3 is 4.74 Å². The lowest BCUT2D eigenvalue weighted by Gasteiger charge is -2.07. The van der Waals surface area contributed by atoms with Crippen molar-refractivity contribution in [1.82, 2.24) is 4.98 Å². The molecule has 0 radical (unpaired) electrons. The van der Waals surface area contributed by atoms with E-state index in [4.69, 9.17) is 16.3 Å². The van der Waals surface area contributed by atoms with Gasteiger partial charge in [-0.1, -0.05) is 11.6 Å². The number of rotatable bonds is 3. The van der Waals surface area contributed by atoms with Crippen molar-refractivity contribution in [2.24, 2.45) is 0 Å². The molecule has 2 rings (SSSR count). The van der Waals surface area contributed by atoms with Crippen LogP contribution < -0.4 is 4.74 Å². The van der Waals surface area contributed by atoms with E-state index in [1.54, 1.807) is 0 Å². The lowest BCUT2D eigenvalue weighted by atomic mass is 10.3. The van der Waals surface area contributed by atoms with E-state index >= 15 is 0 Å². The van der Waals surface area contributed by atoms with Crippen LogP contribution in [0, 0.1) is 27.7 Å². The van der Waals surface area contributed by atoms with Gasteiger partial charge in [-0.2, -0.15) is 9.37 Å². The molecule has 0 fully saturated rings. The summed E-state index contributed by atoms with van der Waals surface area (Å²) in [4.78, 5) is 12.8. The minimum Gasteiger partial charge on any atom is -0.435 e. The van der Waals surface area contributed by atoms with Gasteiger partial charge in [-0.05, 0) is 6.07 Å². The normalized spacial score (nSPS) is 10.4. The molecule has 1 aromatic heterocycles. The monoisotopic (exact) mass is 304 g/mol. The van der Waals surface area contributed by atoms with Gasteiger partial charge in [0, 0.05) is 12.1 Å². The Kier molecular flexibility index (Phi) is 3.75. The Morgan fingerprint density at radius 3 is 2.55 bits per heavy atom. The number of benzene rings is 1. The number of nitro groups is 1. The minimum absolute atomic E-state index is 0.0819. The largest absolute Gasteiger partial charge is 0.435 e. The fourth-order valence-corrected chi connectivity index (χ4v) is 1.44. The molecule has 0 saturated carbocycles. The quantitative estimate of drug-likeness (QED) is 0.491. The highest BCUT2D eigenvalue weighted by molar-refractivity contribution is 6.32. The highest BCUT2D eigenvalue weighted by Gasteiger charge is 2.17. The van der Waals surface area contributed by atoms with Gasteiger partial charge in [0.1, 0.15) is 0 Å². The Labute approximate surface area is 114 Å². The van der Waals surface area contributed by atoms with Crippen LogP contribution in [0.5, 0.6) is 11.6 Å². The molecule has 0 bridgehead atoms. The van der Waals surface area contributed by atoms with Crippen molar-refractivity contribution < 1.29 is 22.8 Å². The Morgan fingerprint density at radius 2 is 1.90 bits per heavy atom. The number of hydrogen-bond acceptors (Lipinski definition) is 4. The number of aromatic nitrogens is 1. The lowest BCUT2D eigenvalue weighted by Crippen LogP contribution is -1.99. The van der Waals surface area contributed by atoms with Crippen LogP contribution in [0.4, 0.5) is 18.9 Å². The van der Waals surface area contributed by atoms with Crippen LogP contribution in [0.1, 0.15) is 0 Å². The third-order valence-corrected chi connectivity index (χ3v) is 2.50. The summed E-state index contributed by atoms with van der Waals surface area (Å²) in [5.74, 6) is -5.51. The summed E-state index contributed by atoms with van der Waals surface area (Å²) in [6, 6.07) is 3.39. The van der Waals surface area contributed by atoms with Gasteiger partial charge in [0.05, 0.1) is 16.0 Å². The molecular weight excluding hydrogens is 301 g/mol. The average Bonchev–Trinajstić information content (AvgIpc) is 2.38. The molecule has 9 heteroatoms. The number of halogens is 4. The van der Waals surface area contributed by atoms with Crippen LogP contribution in [0.3, 0.4) is 0 Å². The average molecular weight is 305 g/mol. The predicted octanol–water partition coefficient (Wildman–Crippen LogP) is 3.85. The van der Waals surface area contributed by atoms with Gasteiger partial charge in [-0.3, -0.25) is 10.1 Å². The summed E-state index contributed by atoms with van der Waals surface area (Å²) in [5.41, 5.74) is -0.368. The lowest BCUT2D eigenvalue weighted by molar-refractivity contribution is -0.384. The van der Waals surface area contributed by atoms with Crippen molar-refractivity contribution in [3.63, 3.8) is 0 Å². The van der Waals surface area contributed by atoms with Crippen molar-refractivity contribution in [2.45, 2.75) is 0 Å². The fraction of sp³-hybridized carbons (Fsp3) is 0. The minimum atomic E-state index is -1.57. The molecule has 0 aliphatic rings. The van der Waals surface area contributed by atoms with E-state index in [1.165, 1.54) is 0 Å². The standard InChI is InChI=1S/C11H4ClF3N2O3/c12-6-2-1-5(17(18)19)3-9(6)20-11-8(14)4-7(13)10(15)16-11/h1-4H. The van der Waals surface area contributed by atoms with Crippen LogP contribution in [0.15, 0.2) is 24.3 Å². The van der Waals surface area contributed by atoms with Crippen LogP contribution in [-0.4, -0.2) is 9.91 Å². The second-order valence-electron chi connectivity index (χ2n) is 3.52. The molecule has 0 N–H and O–H groups in total. The zero-order valence-corrected chi connectivity index (χ0v) is 10.2. The number of ether oxygens (including phenoxy) is 1. The maximum absolute atomic E-state index is 13.3. The molecular formula is C11H4ClF3N2O3. The van der Waals surface area contributed by atoms with E-state index in [9.17, 15) is 23.3 Å². The Bertz CT molecular complexity index is 697. The van der Waals surface area contributed by atoms with Gasteiger partial charge in [0.2, 0.25) is 0 Å². The number of pyridine rings is 1. The third-order valence-electron chi connectivity index (χ3n) is 2.19. The molecule has 0 saturated heterocycles. The summed E-state index contributed by atoms with van der Waals surface area (Å²) in [5, 5.41) is 10.5. The first kappa shape index (κ1) is 14.1. The number of nitrogens with zero attached hydrogens (tertiary/aromatic N) is 2. The smallest absolute Gasteiger partial charge is 0.273 e. The summed E-state index contributed by atoms with van der Waals surface area (Å²) >= 11 is 5.71. The topological polar surface area (TPSA) is 65.3 Å². The highest BCUT2D eigenvalue weighted by Crippen LogP contribution is 2.33. The SMILES string of the molecule is O=[N+]([O-])c1ccc(Cl)c(Oc2nc(F)c(F)cc2F)c1. The van der Waals surface area contributed by atoms with Crippen LogP contribution in [-0.2, 0) is 0 Å². The summed E-state index contributed by atoms with van der Waals surface area (Å²) in [7, 11) is 0. The Balaban J connectivity index is 2.42. The molecule has 2 aromatic rings. The van der Waals surface area contributed by atoms with E-state index in [2.05, 4.69) is 4.98 Å². The van der Waals surface area contributed by atoms with Crippen molar-refractivity contribution in [1.29, 1.82) is 0 Å². The van der Waals surface area contributed by atoms with Crippen molar-refractivity contribution in [2.75, 3.05) is 0 Å². The van der Waals surface area contributed by atoms with Gasteiger partial charge >= 0.3 is 0 Å². The number of nitro benzene ring substituents is 1. The molecule has 0 aliphatic carbocycles. The van der Waals surface area contributed by atoms with Gasteiger partial charge in [-0.15, -0.1) is 0 Å². The Morgan fingerprint density at radius 1 is 1.20 bits per heavy atom. The van der Waals surface area contributed by atoms with Crippen molar-refractivity contribution in [3.8, 4) is 11.6 Å². The zero-order chi connectivity index (χ0) is 14.9. The highest BCUT2D eigenvalue weighted by atomic mass is 35.5. The molecule has 1 heterocycles. The second-order valence-corrected chi connectivity index (χ2v) is 3.93. The van der Waals surface area contributed by atoms with Crippen LogP contribution >= 0.6 is 11.6 Å². The Hall–Kier alpha value is -2.35. The molecule has 1 aromatic carbocycles. The van der Waals surface area contributed by atoms with Gasteiger partial charge in [0.25, 0.3) is 17.5 Å². The first-order valence-corrected chi connectivity index (χ1v) is 5.39. The summed E-state index contributed by atoms with van der Waals surface area (Å²) in [6.07, 6.45) is 0. The predicted molar refractivity (Wildman–Crippen MR) is 62.3 cm³/mol. The van der Waals surface area contributed by atoms with Crippen molar-refractivity contribution in [3.05, 3.63) is 57.0 Å². The molecule has 0 amide bonds. The van der Waals surface area contributed by atoms with Crippen molar-refractivity contribution >= 4 is 17.3 Å². The molecule has 0 aliphatic heterocycles. The van der Waals surface area contributed by atoms with Crippen LogP contribution in [0.25, 0.3) is 0 Å². The third kappa shape index (κ3) is 2.80. The number of non-ortho nitro benzene ring substituents is 1. The first-order chi connectivity index (χ1) is 9.38. The van der Waals surface area contributed by atoms with E-state index in [0.29, 0.717) is 0 Å². The molecule has 0 atom stereocenters. The second kappa shape index (κ2) is 5.33.